The summed E-state index contributed by atoms with van der Waals surface area (Å²) >= 11 is 6.25. The Labute approximate surface area is 167 Å². The highest BCUT2D eigenvalue weighted by molar-refractivity contribution is 6.33. The Kier molecular flexibility index (Phi) is 6.21. The number of aliphatic hydroxyl groups excluding tert-OH is 1. The Bertz CT molecular complexity index is 833. The second kappa shape index (κ2) is 8.62. The maximum absolute atomic E-state index is 12.6. The number of hydrogen-bond acceptors (Lipinski definition) is 6. The summed E-state index contributed by atoms with van der Waals surface area (Å²) in [7, 11) is 1.23. The van der Waals surface area contributed by atoms with Crippen molar-refractivity contribution in [2.75, 3.05) is 45.2 Å². The molecular weight excluding hydrogens is 386 g/mol. The molecule has 9 heteroatoms. The molecular formula is C19H22ClN3O5. The number of likely N-dealkylation sites (tertiary alicyclic amines) is 1. The number of methoxy groups -OCH3 is 1. The van der Waals surface area contributed by atoms with Gasteiger partial charge in [0.05, 0.1) is 36.5 Å². The summed E-state index contributed by atoms with van der Waals surface area (Å²) in [5.74, 6) is -1.18. The summed E-state index contributed by atoms with van der Waals surface area (Å²) < 4.78 is 4.76. The normalized spacial score (nSPS) is 16.8. The fourth-order valence-corrected chi connectivity index (χ4v) is 3.51. The van der Waals surface area contributed by atoms with Gasteiger partial charge in [0.25, 0.3) is 11.8 Å². The van der Waals surface area contributed by atoms with Crippen LogP contribution in [0.4, 0.5) is 5.69 Å². The van der Waals surface area contributed by atoms with Crippen LogP contribution in [0.15, 0.2) is 29.5 Å². The molecule has 28 heavy (non-hydrogen) atoms. The first-order valence-electron chi connectivity index (χ1n) is 9.03. The quantitative estimate of drug-likeness (QED) is 0.688. The lowest BCUT2D eigenvalue weighted by Gasteiger charge is -2.17. The van der Waals surface area contributed by atoms with Crippen molar-refractivity contribution < 1.29 is 24.2 Å². The summed E-state index contributed by atoms with van der Waals surface area (Å²) in [6, 6.07) is 4.79. The Balaban J connectivity index is 1.90. The van der Waals surface area contributed by atoms with Crippen molar-refractivity contribution in [3.63, 3.8) is 0 Å². The smallest absolute Gasteiger partial charge is 0.337 e. The number of benzene rings is 1. The van der Waals surface area contributed by atoms with Gasteiger partial charge in [0, 0.05) is 25.2 Å². The number of amides is 2. The summed E-state index contributed by atoms with van der Waals surface area (Å²) in [4.78, 5) is 40.5. The molecule has 1 fully saturated rings. The lowest BCUT2D eigenvalue weighted by molar-refractivity contribution is -0.136. The van der Waals surface area contributed by atoms with Gasteiger partial charge < -0.3 is 25.0 Å². The van der Waals surface area contributed by atoms with Crippen LogP contribution in [-0.2, 0) is 14.3 Å². The van der Waals surface area contributed by atoms with E-state index in [0.29, 0.717) is 16.3 Å². The average molecular weight is 408 g/mol. The number of halogens is 1. The molecule has 0 aliphatic carbocycles. The molecule has 0 atom stereocenters. The van der Waals surface area contributed by atoms with E-state index in [2.05, 4.69) is 5.32 Å². The van der Waals surface area contributed by atoms with E-state index >= 15 is 0 Å². The van der Waals surface area contributed by atoms with Crippen LogP contribution in [0.3, 0.4) is 0 Å². The molecule has 0 spiro atoms. The number of hydrogen-bond donors (Lipinski definition) is 2. The molecule has 8 nitrogen and oxygen atoms in total. The van der Waals surface area contributed by atoms with E-state index < -0.39 is 11.9 Å². The monoisotopic (exact) mass is 407 g/mol. The molecule has 2 aliphatic heterocycles. The Hall–Kier alpha value is -2.58. The zero-order valence-electron chi connectivity index (χ0n) is 15.5. The minimum absolute atomic E-state index is 0.0262. The zero-order valence-corrected chi connectivity index (χ0v) is 16.3. The van der Waals surface area contributed by atoms with Gasteiger partial charge in [-0.15, -0.1) is 0 Å². The number of ether oxygens (including phenoxy) is 1. The molecule has 1 saturated heterocycles. The third-order valence-corrected chi connectivity index (χ3v) is 5.15. The van der Waals surface area contributed by atoms with Crippen LogP contribution >= 0.6 is 11.6 Å². The topological polar surface area (TPSA) is 99.2 Å². The van der Waals surface area contributed by atoms with E-state index in [-0.39, 0.29) is 36.9 Å². The number of anilines is 1. The van der Waals surface area contributed by atoms with Gasteiger partial charge in [-0.3, -0.25) is 9.59 Å². The maximum atomic E-state index is 12.6. The van der Waals surface area contributed by atoms with E-state index in [9.17, 15) is 14.4 Å². The second-order valence-electron chi connectivity index (χ2n) is 6.61. The maximum Gasteiger partial charge on any atom is 0.337 e. The van der Waals surface area contributed by atoms with Crippen LogP contribution in [0.25, 0.3) is 0 Å². The highest BCUT2D eigenvalue weighted by Crippen LogP contribution is 2.29. The molecule has 3 rings (SSSR count). The molecule has 0 aromatic heterocycles. The summed E-state index contributed by atoms with van der Waals surface area (Å²) in [6.45, 7) is 1.32. The van der Waals surface area contributed by atoms with Gasteiger partial charge >= 0.3 is 5.97 Å². The van der Waals surface area contributed by atoms with Crippen LogP contribution in [0, 0.1) is 0 Å². The number of rotatable bonds is 6. The van der Waals surface area contributed by atoms with Crippen molar-refractivity contribution >= 4 is 35.1 Å². The van der Waals surface area contributed by atoms with Crippen LogP contribution in [0.5, 0.6) is 0 Å². The zero-order chi connectivity index (χ0) is 20.3. The molecule has 1 aromatic carbocycles. The molecule has 1 aromatic rings. The van der Waals surface area contributed by atoms with Crippen LogP contribution in [0.1, 0.15) is 23.2 Å². The van der Waals surface area contributed by atoms with E-state index in [1.165, 1.54) is 12.0 Å². The van der Waals surface area contributed by atoms with Gasteiger partial charge in [-0.2, -0.15) is 0 Å². The first-order valence-corrected chi connectivity index (χ1v) is 9.41. The molecule has 2 heterocycles. The number of β-amino-alcohol motifs (C(OH)–C–C–N with tert-alkyl or cyclic N) is 1. The third kappa shape index (κ3) is 3.98. The number of nitrogens with zero attached hydrogens (tertiary/aromatic N) is 2. The van der Waals surface area contributed by atoms with Gasteiger partial charge in [-0.25, -0.2) is 4.79 Å². The highest BCUT2D eigenvalue weighted by Gasteiger charge is 2.34. The Morgan fingerprint density at radius 2 is 2.00 bits per heavy atom. The third-order valence-electron chi connectivity index (χ3n) is 4.82. The number of aliphatic hydroxyl groups is 1. The van der Waals surface area contributed by atoms with Crippen molar-refractivity contribution in [3.05, 3.63) is 40.1 Å². The highest BCUT2D eigenvalue weighted by atomic mass is 35.5. The van der Waals surface area contributed by atoms with Gasteiger partial charge in [-0.1, -0.05) is 11.6 Å². The van der Waals surface area contributed by atoms with E-state index in [4.69, 9.17) is 21.4 Å². The van der Waals surface area contributed by atoms with E-state index in [0.717, 1.165) is 25.9 Å². The number of carbonyl (C=O) groups excluding carboxylic acids is 3. The van der Waals surface area contributed by atoms with Crippen molar-refractivity contribution in [3.8, 4) is 0 Å². The van der Waals surface area contributed by atoms with Crippen molar-refractivity contribution in [1.82, 2.24) is 9.80 Å². The summed E-state index contributed by atoms with van der Waals surface area (Å²) in [5, 5.41) is 12.3. The van der Waals surface area contributed by atoms with Crippen molar-refractivity contribution in [2.24, 2.45) is 0 Å². The molecule has 0 unspecified atom stereocenters. The van der Waals surface area contributed by atoms with Crippen LogP contribution in [0.2, 0.25) is 5.02 Å². The second-order valence-corrected chi connectivity index (χ2v) is 7.02. The van der Waals surface area contributed by atoms with E-state index in [1.807, 2.05) is 0 Å². The molecule has 0 saturated carbocycles. The van der Waals surface area contributed by atoms with Crippen LogP contribution < -0.4 is 5.32 Å². The molecule has 2 amide bonds. The van der Waals surface area contributed by atoms with Crippen LogP contribution in [-0.4, -0.2) is 72.6 Å². The van der Waals surface area contributed by atoms with E-state index in [1.54, 1.807) is 23.1 Å². The van der Waals surface area contributed by atoms with Gasteiger partial charge in [-0.05, 0) is 31.0 Å². The first-order chi connectivity index (χ1) is 13.5. The Morgan fingerprint density at radius 3 is 2.64 bits per heavy atom. The largest absolute Gasteiger partial charge is 0.466 e. The lowest BCUT2D eigenvalue weighted by atomic mass is 10.1. The number of nitrogens with one attached hydrogen (secondary N) is 1. The fourth-order valence-electron chi connectivity index (χ4n) is 3.34. The Morgan fingerprint density at radius 1 is 1.29 bits per heavy atom. The standard InChI is InChI=1S/C19H22ClN3O5/c1-28-19(27)13-11-23(8-9-24)18(26)16(13)21-15-10-12(4-5-14(15)20)17(25)22-6-2-3-7-22/h4-5,10,21,24H,2-3,6-9,11H2,1H3. The number of carbonyl (C=O) groups is 3. The number of esters is 1. The summed E-state index contributed by atoms with van der Waals surface area (Å²) in [6.07, 6.45) is 1.96. The molecule has 0 radical (unpaired) electrons. The SMILES string of the molecule is COC(=O)C1=C(Nc2cc(C(=O)N3CCCC3)ccc2Cl)C(=O)N(CCO)C1. The van der Waals surface area contributed by atoms with Gasteiger partial charge in [0.15, 0.2) is 0 Å². The molecule has 150 valence electrons. The molecule has 2 N–H and O–H groups in total. The minimum Gasteiger partial charge on any atom is -0.466 e. The summed E-state index contributed by atoms with van der Waals surface area (Å²) in [5.41, 5.74) is 0.982. The average Bonchev–Trinajstić information content (AvgIpc) is 3.33. The molecule has 0 bridgehead atoms. The predicted molar refractivity (Wildman–Crippen MR) is 103 cm³/mol. The minimum atomic E-state index is -0.642. The van der Waals surface area contributed by atoms with Crippen molar-refractivity contribution in [2.45, 2.75) is 12.8 Å². The fraction of sp³-hybridized carbons (Fsp3) is 0.421. The molecule has 2 aliphatic rings. The predicted octanol–water partition coefficient (Wildman–Crippen LogP) is 1.25. The first kappa shape index (κ1) is 20.2. The van der Waals surface area contributed by atoms with Crippen molar-refractivity contribution in [1.29, 1.82) is 0 Å². The van der Waals surface area contributed by atoms with Gasteiger partial charge in [0.2, 0.25) is 0 Å². The van der Waals surface area contributed by atoms with Gasteiger partial charge in [0.1, 0.15) is 5.70 Å². The lowest BCUT2D eigenvalue weighted by Crippen LogP contribution is -2.31.